The number of fused-ring (bicyclic) bond motifs is 2. The Labute approximate surface area is 146 Å². The highest BCUT2D eigenvalue weighted by atomic mass is 79.9. The number of benzene rings is 2. The molecule has 6 nitrogen and oxygen atoms in total. The number of nitro groups is 1. The van der Waals surface area contributed by atoms with Gasteiger partial charge in [0.2, 0.25) is 0 Å². The highest BCUT2D eigenvalue weighted by molar-refractivity contribution is 9.10. The van der Waals surface area contributed by atoms with Gasteiger partial charge in [-0.2, -0.15) is 0 Å². The van der Waals surface area contributed by atoms with Gasteiger partial charge in [-0.1, -0.05) is 12.1 Å². The van der Waals surface area contributed by atoms with Crippen molar-refractivity contribution in [3.8, 4) is 10.6 Å². The Kier molecular flexibility index (Phi) is 3.43. The Balaban J connectivity index is 1.99. The van der Waals surface area contributed by atoms with Crippen LogP contribution in [0.4, 0.5) is 5.69 Å². The van der Waals surface area contributed by atoms with Crippen LogP contribution in [0, 0.1) is 10.1 Å². The number of hydrogen-bond donors (Lipinski definition) is 0. The van der Waals surface area contributed by atoms with Gasteiger partial charge in [-0.25, -0.2) is 9.78 Å². The zero-order valence-electron chi connectivity index (χ0n) is 11.9. The van der Waals surface area contributed by atoms with E-state index in [4.69, 9.17) is 4.42 Å². The first-order chi connectivity index (χ1) is 11.5. The molecule has 0 bridgehead atoms. The quantitative estimate of drug-likeness (QED) is 0.274. The molecule has 0 amide bonds. The van der Waals surface area contributed by atoms with Gasteiger partial charge >= 0.3 is 5.63 Å². The molecule has 2 aromatic heterocycles. The van der Waals surface area contributed by atoms with Crippen molar-refractivity contribution in [2.75, 3.05) is 0 Å². The lowest BCUT2D eigenvalue weighted by Gasteiger charge is -2.02. The summed E-state index contributed by atoms with van der Waals surface area (Å²) < 4.78 is 6.66. The molecular weight excluding hydrogens is 396 g/mol. The predicted molar refractivity (Wildman–Crippen MR) is 95.5 cm³/mol. The smallest absolute Gasteiger partial charge is 0.346 e. The SMILES string of the molecule is O=c1oc2c(Br)cc([N+](=O)[O-])cc2cc1-c1nc2ccccc2s1. The molecule has 2 heterocycles. The number of rotatable bonds is 2. The van der Waals surface area contributed by atoms with Gasteiger partial charge in [-0.15, -0.1) is 11.3 Å². The van der Waals surface area contributed by atoms with Gasteiger partial charge < -0.3 is 4.42 Å². The fourth-order valence-corrected chi connectivity index (χ4v) is 3.93. The van der Waals surface area contributed by atoms with Crippen LogP contribution in [0.2, 0.25) is 0 Å². The molecule has 0 aliphatic heterocycles. The molecule has 0 spiro atoms. The van der Waals surface area contributed by atoms with Crippen LogP contribution in [0.15, 0.2) is 56.1 Å². The summed E-state index contributed by atoms with van der Waals surface area (Å²) in [5.41, 5.74) is 0.735. The second-order valence-corrected chi connectivity index (χ2v) is 6.92. The van der Waals surface area contributed by atoms with E-state index in [1.807, 2.05) is 24.3 Å². The molecule has 0 atom stereocenters. The maximum atomic E-state index is 12.3. The van der Waals surface area contributed by atoms with E-state index < -0.39 is 10.5 Å². The lowest BCUT2D eigenvalue weighted by atomic mass is 10.1. The van der Waals surface area contributed by atoms with E-state index in [-0.39, 0.29) is 16.8 Å². The van der Waals surface area contributed by atoms with E-state index in [9.17, 15) is 14.9 Å². The molecule has 0 saturated carbocycles. The highest BCUT2D eigenvalue weighted by Crippen LogP contribution is 2.33. The van der Waals surface area contributed by atoms with Crippen LogP contribution in [-0.2, 0) is 0 Å². The van der Waals surface area contributed by atoms with Crippen LogP contribution in [0.3, 0.4) is 0 Å². The molecule has 24 heavy (non-hydrogen) atoms. The summed E-state index contributed by atoms with van der Waals surface area (Å²) in [5.74, 6) is 0. The number of aromatic nitrogens is 1. The Bertz CT molecular complexity index is 1150. The fourth-order valence-electron chi connectivity index (χ4n) is 2.42. The van der Waals surface area contributed by atoms with E-state index >= 15 is 0 Å². The topological polar surface area (TPSA) is 86.2 Å². The molecule has 0 N–H and O–H groups in total. The minimum atomic E-state index is -0.531. The minimum Gasteiger partial charge on any atom is -0.421 e. The standard InChI is InChI=1S/C16H7BrN2O4S/c17-11-7-9(19(21)22)5-8-6-10(16(20)23-14(8)11)15-18-12-3-1-2-4-13(12)24-15/h1-7H. The molecule has 0 saturated heterocycles. The normalized spacial score (nSPS) is 11.2. The maximum absolute atomic E-state index is 12.3. The number of nitro benzene ring substituents is 1. The van der Waals surface area contributed by atoms with Gasteiger partial charge in [0.15, 0.2) is 5.58 Å². The third-order valence-corrected chi connectivity index (χ3v) is 5.17. The summed E-state index contributed by atoms with van der Waals surface area (Å²) in [5, 5.41) is 12.0. The third kappa shape index (κ3) is 2.40. The second kappa shape index (κ2) is 5.50. The Hall–Kier alpha value is -2.58. The molecule has 0 radical (unpaired) electrons. The predicted octanol–water partition coefficient (Wildman–Crippen LogP) is 4.74. The summed E-state index contributed by atoms with van der Waals surface area (Å²) in [7, 11) is 0. The van der Waals surface area contributed by atoms with Crippen molar-refractivity contribution in [3.05, 3.63) is 67.5 Å². The van der Waals surface area contributed by atoms with Crippen molar-refractivity contribution in [1.82, 2.24) is 4.98 Å². The molecule has 8 heteroatoms. The van der Waals surface area contributed by atoms with Crippen LogP contribution < -0.4 is 5.63 Å². The van der Waals surface area contributed by atoms with Gasteiger partial charge in [-0.05, 0) is 34.1 Å². The molecule has 0 aliphatic rings. The minimum absolute atomic E-state index is 0.0847. The molecule has 0 unspecified atom stereocenters. The zero-order chi connectivity index (χ0) is 16.8. The fraction of sp³-hybridized carbons (Fsp3) is 0. The average molecular weight is 403 g/mol. The van der Waals surface area contributed by atoms with Gasteiger partial charge in [-0.3, -0.25) is 10.1 Å². The Morgan fingerprint density at radius 3 is 2.75 bits per heavy atom. The molecule has 4 rings (SSSR count). The largest absolute Gasteiger partial charge is 0.421 e. The Morgan fingerprint density at radius 2 is 2.00 bits per heavy atom. The van der Waals surface area contributed by atoms with Crippen LogP contribution >= 0.6 is 27.3 Å². The summed E-state index contributed by atoms with van der Waals surface area (Å²) in [6, 6.07) is 11.8. The van der Waals surface area contributed by atoms with Crippen LogP contribution in [0.1, 0.15) is 0 Å². The van der Waals surface area contributed by atoms with Gasteiger partial charge in [0, 0.05) is 17.5 Å². The number of thiazole rings is 1. The van der Waals surface area contributed by atoms with Crippen LogP contribution in [0.25, 0.3) is 31.8 Å². The molecule has 0 fully saturated rings. The van der Waals surface area contributed by atoms with E-state index in [0.29, 0.717) is 14.9 Å². The first-order valence-corrected chi connectivity index (χ1v) is 8.41. The number of halogens is 1. The highest BCUT2D eigenvalue weighted by Gasteiger charge is 2.17. The van der Waals surface area contributed by atoms with Crippen molar-refractivity contribution in [3.63, 3.8) is 0 Å². The number of non-ortho nitro benzene ring substituents is 1. The first kappa shape index (κ1) is 15.0. The van der Waals surface area contributed by atoms with Crippen molar-refractivity contribution in [2.24, 2.45) is 0 Å². The van der Waals surface area contributed by atoms with Crippen LogP contribution in [-0.4, -0.2) is 9.91 Å². The number of nitrogens with zero attached hydrogens (tertiary/aromatic N) is 2. The molecule has 4 aromatic rings. The van der Waals surface area contributed by atoms with Gasteiger partial charge in [0.05, 0.1) is 25.2 Å². The number of hydrogen-bond acceptors (Lipinski definition) is 6. The summed E-state index contributed by atoms with van der Waals surface area (Å²) in [6.45, 7) is 0. The van der Waals surface area contributed by atoms with E-state index in [0.717, 1.165) is 10.2 Å². The van der Waals surface area contributed by atoms with Gasteiger partial charge in [0.1, 0.15) is 5.01 Å². The molecular formula is C16H7BrN2O4S. The number of para-hydroxylation sites is 1. The van der Waals surface area contributed by atoms with Crippen molar-refractivity contribution in [1.29, 1.82) is 0 Å². The monoisotopic (exact) mass is 402 g/mol. The lowest BCUT2D eigenvalue weighted by molar-refractivity contribution is -0.384. The summed E-state index contributed by atoms with van der Waals surface area (Å²) in [6.07, 6.45) is 0. The van der Waals surface area contributed by atoms with Crippen molar-refractivity contribution in [2.45, 2.75) is 0 Å². The summed E-state index contributed by atoms with van der Waals surface area (Å²) >= 11 is 4.58. The second-order valence-electron chi connectivity index (χ2n) is 5.04. The first-order valence-electron chi connectivity index (χ1n) is 6.80. The zero-order valence-corrected chi connectivity index (χ0v) is 14.3. The van der Waals surface area contributed by atoms with E-state index in [2.05, 4.69) is 20.9 Å². The molecule has 0 aliphatic carbocycles. The van der Waals surface area contributed by atoms with E-state index in [1.54, 1.807) is 6.07 Å². The maximum Gasteiger partial charge on any atom is 0.346 e. The molecule has 2 aromatic carbocycles. The van der Waals surface area contributed by atoms with Gasteiger partial charge in [0.25, 0.3) is 5.69 Å². The van der Waals surface area contributed by atoms with Crippen molar-refractivity contribution >= 4 is 54.1 Å². The average Bonchev–Trinajstić information content (AvgIpc) is 2.98. The van der Waals surface area contributed by atoms with Crippen LogP contribution in [0.5, 0.6) is 0 Å². The third-order valence-electron chi connectivity index (χ3n) is 3.51. The molecule has 118 valence electrons. The Morgan fingerprint density at radius 1 is 1.21 bits per heavy atom. The lowest BCUT2D eigenvalue weighted by Crippen LogP contribution is -2.03. The van der Waals surface area contributed by atoms with E-state index in [1.165, 1.54) is 23.5 Å². The van der Waals surface area contributed by atoms with Crippen molar-refractivity contribution < 1.29 is 9.34 Å². The summed E-state index contributed by atoms with van der Waals surface area (Å²) in [4.78, 5) is 27.3.